The molecule has 0 aromatic heterocycles. The Hall–Kier alpha value is -0.120. The Kier molecular flexibility index (Phi) is 6.51. The standard InChI is InChI=1S/C18H35NO2/c1-5-18(3,4)15-7-8-16(19-6-2)17(11-15)21-13-14-9-10-20-12-14/h14-17,19H,5-13H2,1-4H3. The molecule has 3 heteroatoms. The van der Waals surface area contributed by atoms with Gasteiger partial charge < -0.3 is 14.8 Å². The van der Waals surface area contributed by atoms with Gasteiger partial charge >= 0.3 is 0 Å². The molecule has 4 unspecified atom stereocenters. The Morgan fingerprint density at radius 2 is 2.00 bits per heavy atom. The predicted molar refractivity (Wildman–Crippen MR) is 87.5 cm³/mol. The van der Waals surface area contributed by atoms with Gasteiger partial charge in [0.1, 0.15) is 0 Å². The van der Waals surface area contributed by atoms with Crippen LogP contribution in [0.3, 0.4) is 0 Å². The Morgan fingerprint density at radius 3 is 2.62 bits per heavy atom. The summed E-state index contributed by atoms with van der Waals surface area (Å²) in [6.45, 7) is 13.1. The van der Waals surface area contributed by atoms with Gasteiger partial charge in [-0.15, -0.1) is 0 Å². The molecule has 0 aromatic carbocycles. The molecule has 3 nitrogen and oxygen atoms in total. The molecule has 0 amide bonds. The topological polar surface area (TPSA) is 30.5 Å². The van der Waals surface area contributed by atoms with E-state index in [9.17, 15) is 0 Å². The lowest BCUT2D eigenvalue weighted by Gasteiger charge is -2.43. The summed E-state index contributed by atoms with van der Waals surface area (Å²) in [5.41, 5.74) is 0.440. The second-order valence-electron chi connectivity index (χ2n) is 7.62. The molecule has 1 saturated carbocycles. The third kappa shape index (κ3) is 4.67. The SMILES string of the molecule is CCNC1CCC(C(C)(C)CC)CC1OCC1CCOC1. The minimum absolute atomic E-state index is 0.384. The van der Waals surface area contributed by atoms with Crippen LogP contribution in [-0.4, -0.2) is 38.5 Å². The van der Waals surface area contributed by atoms with Gasteiger partial charge in [-0.25, -0.2) is 0 Å². The van der Waals surface area contributed by atoms with Crippen molar-refractivity contribution < 1.29 is 9.47 Å². The van der Waals surface area contributed by atoms with Crippen molar-refractivity contribution in [1.29, 1.82) is 0 Å². The van der Waals surface area contributed by atoms with Gasteiger partial charge in [-0.3, -0.25) is 0 Å². The third-order valence-corrected chi connectivity index (χ3v) is 5.84. The summed E-state index contributed by atoms with van der Waals surface area (Å²) < 4.78 is 11.8. The molecule has 21 heavy (non-hydrogen) atoms. The van der Waals surface area contributed by atoms with E-state index in [4.69, 9.17) is 9.47 Å². The van der Waals surface area contributed by atoms with Gasteiger partial charge in [-0.05, 0) is 43.6 Å². The summed E-state index contributed by atoms with van der Waals surface area (Å²) in [6.07, 6.45) is 6.62. The van der Waals surface area contributed by atoms with Crippen LogP contribution >= 0.6 is 0 Å². The lowest BCUT2D eigenvalue weighted by atomic mass is 9.68. The van der Waals surface area contributed by atoms with E-state index < -0.39 is 0 Å². The lowest BCUT2D eigenvalue weighted by molar-refractivity contribution is -0.0436. The smallest absolute Gasteiger partial charge is 0.0731 e. The lowest BCUT2D eigenvalue weighted by Crippen LogP contribution is -2.48. The van der Waals surface area contributed by atoms with Gasteiger partial charge in [0.05, 0.1) is 19.3 Å². The van der Waals surface area contributed by atoms with E-state index in [0.717, 1.165) is 32.3 Å². The maximum atomic E-state index is 6.36. The van der Waals surface area contributed by atoms with E-state index in [0.29, 0.717) is 23.5 Å². The fourth-order valence-electron chi connectivity index (χ4n) is 3.78. The van der Waals surface area contributed by atoms with E-state index >= 15 is 0 Å². The molecule has 2 aliphatic rings. The van der Waals surface area contributed by atoms with Crippen LogP contribution in [0.25, 0.3) is 0 Å². The first kappa shape index (κ1) is 17.2. The maximum absolute atomic E-state index is 6.36. The van der Waals surface area contributed by atoms with Crippen LogP contribution in [0.15, 0.2) is 0 Å². The molecule has 1 heterocycles. The van der Waals surface area contributed by atoms with Gasteiger partial charge in [0.25, 0.3) is 0 Å². The second-order valence-corrected chi connectivity index (χ2v) is 7.62. The molecule has 2 fully saturated rings. The van der Waals surface area contributed by atoms with Crippen LogP contribution in [0.4, 0.5) is 0 Å². The van der Waals surface area contributed by atoms with Crippen LogP contribution in [0, 0.1) is 17.3 Å². The van der Waals surface area contributed by atoms with E-state index in [1.807, 2.05) is 0 Å². The van der Waals surface area contributed by atoms with Gasteiger partial charge in [-0.1, -0.05) is 34.1 Å². The number of likely N-dealkylation sites (N-methyl/N-ethyl adjacent to an activating group) is 1. The van der Waals surface area contributed by atoms with Crippen molar-refractivity contribution >= 4 is 0 Å². The van der Waals surface area contributed by atoms with Crippen LogP contribution in [0.1, 0.15) is 59.8 Å². The molecule has 1 aliphatic heterocycles. The molecule has 1 saturated heterocycles. The summed E-state index contributed by atoms with van der Waals surface area (Å²) in [4.78, 5) is 0. The average Bonchev–Trinajstić information content (AvgIpc) is 2.99. The van der Waals surface area contributed by atoms with Gasteiger partial charge in [0.2, 0.25) is 0 Å². The van der Waals surface area contributed by atoms with Crippen molar-refractivity contribution in [2.75, 3.05) is 26.4 Å². The molecule has 2 rings (SSSR count). The van der Waals surface area contributed by atoms with Crippen LogP contribution in [0.5, 0.6) is 0 Å². The van der Waals surface area contributed by atoms with E-state index in [2.05, 4.69) is 33.0 Å². The normalized spacial score (nSPS) is 34.3. The second kappa shape index (κ2) is 7.94. The van der Waals surface area contributed by atoms with Gasteiger partial charge in [-0.2, -0.15) is 0 Å². The molecule has 0 aromatic rings. The van der Waals surface area contributed by atoms with Crippen LogP contribution in [-0.2, 0) is 9.47 Å². The minimum atomic E-state index is 0.384. The van der Waals surface area contributed by atoms with Crippen molar-refractivity contribution in [3.05, 3.63) is 0 Å². The van der Waals surface area contributed by atoms with Crippen molar-refractivity contribution in [1.82, 2.24) is 5.32 Å². The fourth-order valence-corrected chi connectivity index (χ4v) is 3.78. The molecule has 0 spiro atoms. The minimum Gasteiger partial charge on any atom is -0.381 e. The summed E-state index contributed by atoms with van der Waals surface area (Å²) in [6, 6.07) is 0.543. The quantitative estimate of drug-likeness (QED) is 0.778. The summed E-state index contributed by atoms with van der Waals surface area (Å²) in [5, 5.41) is 3.64. The highest BCUT2D eigenvalue weighted by molar-refractivity contribution is 4.91. The molecule has 1 N–H and O–H groups in total. The molecule has 1 aliphatic carbocycles. The highest BCUT2D eigenvalue weighted by Crippen LogP contribution is 2.41. The van der Waals surface area contributed by atoms with E-state index in [1.54, 1.807) is 0 Å². The fraction of sp³-hybridized carbons (Fsp3) is 1.00. The van der Waals surface area contributed by atoms with E-state index in [-0.39, 0.29) is 0 Å². The van der Waals surface area contributed by atoms with Crippen molar-refractivity contribution in [3.63, 3.8) is 0 Å². The first-order valence-corrected chi connectivity index (χ1v) is 8.99. The predicted octanol–water partition coefficient (Wildman–Crippen LogP) is 3.62. The van der Waals surface area contributed by atoms with Gasteiger partial charge in [0.15, 0.2) is 0 Å². The Balaban J connectivity index is 1.90. The summed E-state index contributed by atoms with van der Waals surface area (Å²) in [7, 11) is 0. The summed E-state index contributed by atoms with van der Waals surface area (Å²) >= 11 is 0. The van der Waals surface area contributed by atoms with Crippen molar-refractivity contribution in [3.8, 4) is 0 Å². The highest BCUT2D eigenvalue weighted by Gasteiger charge is 2.37. The van der Waals surface area contributed by atoms with E-state index in [1.165, 1.54) is 32.1 Å². The molecular formula is C18H35NO2. The molecule has 0 bridgehead atoms. The average molecular weight is 297 g/mol. The number of nitrogens with one attached hydrogen (secondary N) is 1. The maximum Gasteiger partial charge on any atom is 0.0731 e. The first-order chi connectivity index (χ1) is 10.1. The highest BCUT2D eigenvalue weighted by atomic mass is 16.5. The van der Waals surface area contributed by atoms with Crippen LogP contribution < -0.4 is 5.32 Å². The zero-order valence-corrected chi connectivity index (χ0v) is 14.5. The Bertz CT molecular complexity index is 300. The number of ether oxygens (including phenoxy) is 2. The zero-order chi connectivity index (χ0) is 15.3. The monoisotopic (exact) mass is 297 g/mol. The van der Waals surface area contributed by atoms with Gasteiger partial charge in [0, 0.05) is 18.6 Å². The Labute approximate surface area is 131 Å². The first-order valence-electron chi connectivity index (χ1n) is 8.99. The number of hydrogen-bond donors (Lipinski definition) is 1. The third-order valence-electron chi connectivity index (χ3n) is 5.84. The summed E-state index contributed by atoms with van der Waals surface area (Å²) in [5.74, 6) is 1.41. The number of rotatable bonds is 7. The zero-order valence-electron chi connectivity index (χ0n) is 14.5. The largest absolute Gasteiger partial charge is 0.381 e. The Morgan fingerprint density at radius 1 is 1.19 bits per heavy atom. The molecule has 124 valence electrons. The molecule has 0 radical (unpaired) electrons. The van der Waals surface area contributed by atoms with Crippen molar-refractivity contribution in [2.45, 2.75) is 71.9 Å². The molecule has 4 atom stereocenters. The molecular weight excluding hydrogens is 262 g/mol. The van der Waals surface area contributed by atoms with Crippen LogP contribution in [0.2, 0.25) is 0 Å². The van der Waals surface area contributed by atoms with Crippen molar-refractivity contribution in [2.24, 2.45) is 17.3 Å². The number of hydrogen-bond acceptors (Lipinski definition) is 3.